The van der Waals surface area contributed by atoms with Crippen molar-refractivity contribution in [3.63, 3.8) is 0 Å². The number of hydrogen-bond donors (Lipinski definition) is 0. The normalized spacial score (nSPS) is 12.6. The minimum atomic E-state index is -3.32. The Morgan fingerprint density at radius 2 is 1.93 bits per heavy atom. The van der Waals surface area contributed by atoms with E-state index in [-0.39, 0.29) is 17.2 Å². The minimum absolute atomic E-state index is 0.158. The predicted octanol–water partition coefficient (Wildman–Crippen LogP) is 3.47. The molecule has 3 aromatic rings. The predicted molar refractivity (Wildman–Crippen MR) is 115 cm³/mol. The molecule has 0 N–H and O–H groups in total. The van der Waals surface area contributed by atoms with Gasteiger partial charge < -0.3 is 9.30 Å². The molecule has 0 atom stereocenters. The van der Waals surface area contributed by atoms with E-state index in [1.807, 2.05) is 11.5 Å². The van der Waals surface area contributed by atoms with Crippen LogP contribution in [-0.4, -0.2) is 38.4 Å². The van der Waals surface area contributed by atoms with Gasteiger partial charge in [-0.3, -0.25) is 4.79 Å². The highest BCUT2D eigenvalue weighted by Gasteiger charge is 2.13. The third-order valence-corrected chi connectivity index (χ3v) is 6.64. The molecule has 0 bridgehead atoms. The number of ether oxygens (including phenoxy) is 1. The van der Waals surface area contributed by atoms with E-state index in [1.54, 1.807) is 42.5 Å². The van der Waals surface area contributed by atoms with Gasteiger partial charge in [-0.25, -0.2) is 8.42 Å². The lowest BCUT2D eigenvalue weighted by Gasteiger charge is -2.06. The fraction of sp³-hybridized carbons (Fsp3) is 0.300. The topological polar surface area (TPSA) is 77.7 Å². The summed E-state index contributed by atoms with van der Waals surface area (Å²) in [7, 11) is -3.32. The summed E-state index contributed by atoms with van der Waals surface area (Å²) in [4.78, 5) is 17.6. The molecular weight excluding hydrogens is 432 g/mol. The first-order chi connectivity index (χ1) is 13.8. The average Bonchev–Trinajstić information content (AvgIpc) is 2.99. The molecule has 0 spiro atoms. The maximum absolute atomic E-state index is 12.5. The second-order valence-corrected chi connectivity index (χ2v) is 9.90. The standard InChI is InChI=1S/C20H21ClN2O4S2/c1-3-27-11-10-23-17-9-8-16(29(2,25)26)13-18(17)28-20(23)22-19(24)12-14-4-6-15(21)7-5-14/h4-9,13H,3,10-12H2,1-2H3. The average molecular weight is 453 g/mol. The van der Waals surface area contributed by atoms with Crippen LogP contribution in [0.15, 0.2) is 52.4 Å². The Kier molecular flexibility index (Phi) is 6.89. The molecule has 0 aliphatic rings. The van der Waals surface area contributed by atoms with Crippen LogP contribution in [0.5, 0.6) is 0 Å². The number of aromatic nitrogens is 1. The number of carbonyl (C=O) groups is 1. The smallest absolute Gasteiger partial charge is 0.252 e. The highest BCUT2D eigenvalue weighted by atomic mass is 35.5. The van der Waals surface area contributed by atoms with Gasteiger partial charge in [-0.1, -0.05) is 35.1 Å². The van der Waals surface area contributed by atoms with Crippen molar-refractivity contribution in [1.29, 1.82) is 0 Å². The van der Waals surface area contributed by atoms with Crippen molar-refractivity contribution in [2.24, 2.45) is 4.99 Å². The molecule has 0 saturated carbocycles. The van der Waals surface area contributed by atoms with E-state index in [4.69, 9.17) is 16.3 Å². The number of fused-ring (bicyclic) bond motifs is 1. The van der Waals surface area contributed by atoms with Crippen LogP contribution in [0.3, 0.4) is 0 Å². The number of benzene rings is 2. The maximum Gasteiger partial charge on any atom is 0.252 e. The molecular formula is C20H21ClN2O4S2. The number of amides is 1. The molecule has 9 heteroatoms. The molecule has 1 amide bonds. The quantitative estimate of drug-likeness (QED) is 0.514. The van der Waals surface area contributed by atoms with Crippen molar-refractivity contribution in [1.82, 2.24) is 4.57 Å². The summed E-state index contributed by atoms with van der Waals surface area (Å²) < 4.78 is 31.8. The van der Waals surface area contributed by atoms with Crippen LogP contribution in [0, 0.1) is 0 Å². The van der Waals surface area contributed by atoms with Crippen LogP contribution in [0.4, 0.5) is 0 Å². The van der Waals surface area contributed by atoms with Crippen LogP contribution in [0.1, 0.15) is 12.5 Å². The molecule has 1 aromatic heterocycles. The number of hydrogen-bond acceptors (Lipinski definition) is 5. The second-order valence-electron chi connectivity index (χ2n) is 6.44. The highest BCUT2D eigenvalue weighted by Crippen LogP contribution is 2.22. The van der Waals surface area contributed by atoms with E-state index >= 15 is 0 Å². The van der Waals surface area contributed by atoms with Gasteiger partial charge in [0.1, 0.15) is 0 Å². The van der Waals surface area contributed by atoms with Crippen LogP contribution in [0.25, 0.3) is 10.2 Å². The van der Waals surface area contributed by atoms with Gasteiger partial charge in [0.25, 0.3) is 5.91 Å². The van der Waals surface area contributed by atoms with E-state index in [0.717, 1.165) is 15.8 Å². The summed E-state index contributed by atoms with van der Waals surface area (Å²) in [6.45, 7) is 3.48. The lowest BCUT2D eigenvalue weighted by Crippen LogP contribution is -2.20. The third-order valence-electron chi connectivity index (χ3n) is 4.23. The van der Waals surface area contributed by atoms with Crippen LogP contribution >= 0.6 is 22.9 Å². The molecule has 6 nitrogen and oxygen atoms in total. The fourth-order valence-corrected chi connectivity index (χ4v) is 4.77. The Labute approximate surface area is 178 Å². The van der Waals surface area contributed by atoms with Gasteiger partial charge in [0, 0.05) is 24.4 Å². The zero-order chi connectivity index (χ0) is 21.0. The van der Waals surface area contributed by atoms with Gasteiger partial charge in [-0.05, 0) is 42.8 Å². The molecule has 0 unspecified atom stereocenters. The van der Waals surface area contributed by atoms with Gasteiger partial charge in [0.05, 0.1) is 28.1 Å². The van der Waals surface area contributed by atoms with Crippen LogP contribution in [-0.2, 0) is 32.3 Å². The Bertz CT molecular complexity index is 1200. The van der Waals surface area contributed by atoms with E-state index in [1.165, 1.54) is 17.6 Å². The van der Waals surface area contributed by atoms with Crippen molar-refractivity contribution < 1.29 is 17.9 Å². The monoisotopic (exact) mass is 452 g/mol. The number of thiazole rings is 1. The molecule has 1 heterocycles. The second kappa shape index (κ2) is 9.21. The molecule has 2 aromatic carbocycles. The molecule has 3 rings (SSSR count). The summed E-state index contributed by atoms with van der Waals surface area (Å²) in [6, 6.07) is 12.0. The zero-order valence-corrected chi connectivity index (χ0v) is 18.5. The molecule has 0 radical (unpaired) electrons. The Balaban J connectivity index is 2.01. The van der Waals surface area contributed by atoms with Crippen LogP contribution < -0.4 is 4.80 Å². The highest BCUT2D eigenvalue weighted by molar-refractivity contribution is 7.90. The molecule has 0 aliphatic carbocycles. The summed E-state index contributed by atoms with van der Waals surface area (Å²) in [5.41, 5.74) is 1.64. The van der Waals surface area contributed by atoms with E-state index in [9.17, 15) is 13.2 Å². The minimum Gasteiger partial charge on any atom is -0.380 e. The van der Waals surface area contributed by atoms with Crippen molar-refractivity contribution in [2.75, 3.05) is 19.5 Å². The van der Waals surface area contributed by atoms with Gasteiger partial charge in [-0.15, -0.1) is 0 Å². The number of halogens is 1. The van der Waals surface area contributed by atoms with E-state index in [2.05, 4.69) is 4.99 Å². The first-order valence-electron chi connectivity index (χ1n) is 9.01. The van der Waals surface area contributed by atoms with Gasteiger partial charge >= 0.3 is 0 Å². The lowest BCUT2D eigenvalue weighted by molar-refractivity contribution is -0.117. The van der Waals surface area contributed by atoms with Gasteiger partial charge in [-0.2, -0.15) is 4.99 Å². The molecule has 29 heavy (non-hydrogen) atoms. The lowest BCUT2D eigenvalue weighted by atomic mass is 10.1. The summed E-state index contributed by atoms with van der Waals surface area (Å²) >= 11 is 7.17. The Morgan fingerprint density at radius 3 is 2.59 bits per heavy atom. The van der Waals surface area contributed by atoms with E-state index in [0.29, 0.717) is 29.6 Å². The zero-order valence-electron chi connectivity index (χ0n) is 16.1. The molecule has 0 fully saturated rings. The molecule has 154 valence electrons. The Hall–Kier alpha value is -2.00. The van der Waals surface area contributed by atoms with Crippen molar-refractivity contribution >= 4 is 48.9 Å². The largest absolute Gasteiger partial charge is 0.380 e. The van der Waals surface area contributed by atoms with Gasteiger partial charge in [0.15, 0.2) is 14.6 Å². The Morgan fingerprint density at radius 1 is 1.21 bits per heavy atom. The van der Waals surface area contributed by atoms with Crippen molar-refractivity contribution in [3.8, 4) is 0 Å². The third kappa shape index (κ3) is 5.54. The van der Waals surface area contributed by atoms with Crippen molar-refractivity contribution in [2.45, 2.75) is 24.8 Å². The summed E-state index contributed by atoms with van der Waals surface area (Å²) in [5.74, 6) is -0.285. The fourth-order valence-electron chi connectivity index (χ4n) is 2.81. The first-order valence-corrected chi connectivity index (χ1v) is 12.1. The molecule has 0 saturated heterocycles. The van der Waals surface area contributed by atoms with Crippen LogP contribution in [0.2, 0.25) is 5.02 Å². The summed E-state index contributed by atoms with van der Waals surface area (Å²) in [6.07, 6.45) is 1.33. The van der Waals surface area contributed by atoms with Crippen molar-refractivity contribution in [3.05, 3.63) is 57.9 Å². The van der Waals surface area contributed by atoms with Gasteiger partial charge in [0.2, 0.25) is 0 Å². The number of rotatable bonds is 7. The number of sulfone groups is 1. The van der Waals surface area contributed by atoms with E-state index < -0.39 is 9.84 Å². The number of carbonyl (C=O) groups excluding carboxylic acids is 1. The summed E-state index contributed by atoms with van der Waals surface area (Å²) in [5, 5.41) is 0.609. The SMILES string of the molecule is CCOCCn1c(=NC(=O)Cc2ccc(Cl)cc2)sc2cc(S(C)(=O)=O)ccc21. The first kappa shape index (κ1) is 21.7. The molecule has 0 aliphatic heterocycles. The number of nitrogens with zero attached hydrogens (tertiary/aromatic N) is 2. The maximum atomic E-state index is 12.5.